The summed E-state index contributed by atoms with van der Waals surface area (Å²) in [7, 11) is -3.58. The maximum absolute atomic E-state index is 13.6. The van der Waals surface area contributed by atoms with Crippen molar-refractivity contribution in [2.24, 2.45) is 5.73 Å². The number of hydrogen-bond donors (Lipinski definition) is 1. The van der Waals surface area contributed by atoms with Gasteiger partial charge in [0.2, 0.25) is 0 Å². The summed E-state index contributed by atoms with van der Waals surface area (Å²) in [6.07, 6.45) is -2.29. The summed E-state index contributed by atoms with van der Waals surface area (Å²) in [4.78, 5) is 4.22. The smallest absolute Gasteiger partial charge is 0.418 e. The molecular weight excluding hydrogens is 501 g/mol. The first-order valence-corrected chi connectivity index (χ1v) is 13.4. The topological polar surface area (TPSA) is 82.3 Å². The van der Waals surface area contributed by atoms with Crippen LogP contribution in [0.5, 0.6) is 11.5 Å². The average Bonchev–Trinajstić information content (AvgIpc) is 2.86. The highest BCUT2D eigenvalue weighted by molar-refractivity contribution is 7.92. The summed E-state index contributed by atoms with van der Waals surface area (Å²) in [6.45, 7) is 3.87. The predicted octanol–water partition coefficient (Wildman–Crippen LogP) is 6.92. The molecule has 0 bridgehead atoms. The van der Waals surface area contributed by atoms with Crippen LogP contribution in [0.25, 0.3) is 22.0 Å². The van der Waals surface area contributed by atoms with Gasteiger partial charge in [-0.3, -0.25) is 4.98 Å². The molecule has 4 aromatic rings. The molecule has 0 spiro atoms. The number of aryl methyl sites for hydroxylation is 1. The minimum absolute atomic E-state index is 0.122. The van der Waals surface area contributed by atoms with Gasteiger partial charge in [0.15, 0.2) is 9.84 Å². The molecule has 0 aliphatic rings. The van der Waals surface area contributed by atoms with Crippen LogP contribution < -0.4 is 10.5 Å². The largest absolute Gasteiger partial charge is 0.457 e. The van der Waals surface area contributed by atoms with Crippen molar-refractivity contribution in [1.82, 2.24) is 4.98 Å². The van der Waals surface area contributed by atoms with Gasteiger partial charge < -0.3 is 10.5 Å². The molecule has 37 heavy (non-hydrogen) atoms. The van der Waals surface area contributed by atoms with Crippen LogP contribution in [0.4, 0.5) is 13.2 Å². The lowest BCUT2D eigenvalue weighted by molar-refractivity contribution is -0.136. The van der Waals surface area contributed by atoms with Gasteiger partial charge in [0.05, 0.1) is 21.2 Å². The van der Waals surface area contributed by atoms with Gasteiger partial charge in [-0.2, -0.15) is 13.2 Å². The van der Waals surface area contributed by atoms with Gasteiger partial charge in [-0.05, 0) is 79.4 Å². The number of hydrogen-bond acceptors (Lipinski definition) is 5. The fourth-order valence-corrected chi connectivity index (χ4v) is 6.28. The fourth-order valence-electron chi connectivity index (χ4n) is 4.46. The Morgan fingerprint density at radius 3 is 2.35 bits per heavy atom. The summed E-state index contributed by atoms with van der Waals surface area (Å²) in [5.41, 5.74) is 6.66. The van der Waals surface area contributed by atoms with E-state index in [4.69, 9.17) is 10.5 Å². The molecule has 0 saturated carbocycles. The predicted molar refractivity (Wildman–Crippen MR) is 138 cm³/mol. The number of ether oxygens (including phenoxy) is 1. The number of nitrogens with two attached hydrogens (primary N) is 1. The number of alkyl halides is 3. The van der Waals surface area contributed by atoms with E-state index in [1.54, 1.807) is 49.4 Å². The lowest BCUT2D eigenvalue weighted by Crippen LogP contribution is -2.24. The number of aromatic nitrogens is 1. The van der Waals surface area contributed by atoms with Crippen molar-refractivity contribution >= 4 is 20.7 Å². The number of fused-ring (bicyclic) bond motifs is 1. The van der Waals surface area contributed by atoms with Crippen LogP contribution >= 0.6 is 0 Å². The zero-order valence-corrected chi connectivity index (χ0v) is 21.2. The Kier molecular flexibility index (Phi) is 7.57. The Labute approximate surface area is 214 Å². The molecule has 194 valence electrons. The van der Waals surface area contributed by atoms with Crippen LogP contribution in [0.1, 0.15) is 30.9 Å². The summed E-state index contributed by atoms with van der Waals surface area (Å²) in [6, 6.07) is 17.2. The molecule has 0 saturated heterocycles. The van der Waals surface area contributed by atoms with Crippen molar-refractivity contribution in [3.8, 4) is 22.6 Å². The van der Waals surface area contributed by atoms with Gasteiger partial charge in [0.25, 0.3) is 0 Å². The van der Waals surface area contributed by atoms with Gasteiger partial charge in [0, 0.05) is 11.6 Å². The third kappa shape index (κ3) is 5.47. The molecule has 5 nitrogen and oxygen atoms in total. The third-order valence-corrected chi connectivity index (χ3v) is 8.63. The van der Waals surface area contributed by atoms with E-state index in [0.29, 0.717) is 46.4 Å². The highest BCUT2D eigenvalue weighted by Crippen LogP contribution is 2.39. The number of pyridine rings is 1. The van der Waals surface area contributed by atoms with Crippen molar-refractivity contribution in [2.75, 3.05) is 6.54 Å². The number of sulfone groups is 1. The molecule has 0 radical (unpaired) electrons. The molecule has 0 aliphatic carbocycles. The van der Waals surface area contributed by atoms with Gasteiger partial charge in [-0.15, -0.1) is 0 Å². The summed E-state index contributed by atoms with van der Waals surface area (Å²) in [5, 5.41) is -0.203. The van der Waals surface area contributed by atoms with Gasteiger partial charge >= 0.3 is 6.18 Å². The van der Waals surface area contributed by atoms with Crippen molar-refractivity contribution in [1.29, 1.82) is 0 Å². The van der Waals surface area contributed by atoms with Crippen LogP contribution in [0, 0.1) is 6.92 Å². The monoisotopic (exact) mass is 528 g/mol. The van der Waals surface area contributed by atoms with Gasteiger partial charge in [-0.25, -0.2) is 8.42 Å². The molecule has 9 heteroatoms. The number of halogens is 3. The van der Waals surface area contributed by atoms with Crippen LogP contribution in [0.2, 0.25) is 0 Å². The number of rotatable bonds is 8. The number of benzene rings is 3. The first-order valence-electron chi connectivity index (χ1n) is 11.8. The second-order valence-electron chi connectivity index (χ2n) is 8.77. The minimum Gasteiger partial charge on any atom is -0.457 e. The molecular formula is C28H27F3N2O3S. The van der Waals surface area contributed by atoms with Crippen molar-refractivity contribution < 1.29 is 26.3 Å². The summed E-state index contributed by atoms with van der Waals surface area (Å²) >= 11 is 0. The molecule has 0 fully saturated rings. The van der Waals surface area contributed by atoms with E-state index < -0.39 is 26.8 Å². The Hall–Kier alpha value is -3.43. The molecule has 0 amide bonds. The van der Waals surface area contributed by atoms with Crippen molar-refractivity contribution in [3.63, 3.8) is 0 Å². The van der Waals surface area contributed by atoms with E-state index in [9.17, 15) is 21.6 Å². The molecule has 1 heterocycles. The Balaban J connectivity index is 1.72. The van der Waals surface area contributed by atoms with Crippen molar-refractivity contribution in [3.05, 3.63) is 84.1 Å². The van der Waals surface area contributed by atoms with Crippen LogP contribution in [-0.4, -0.2) is 25.2 Å². The van der Waals surface area contributed by atoms with E-state index in [2.05, 4.69) is 4.98 Å². The lowest BCUT2D eigenvalue weighted by atomic mass is 9.95. The first kappa shape index (κ1) is 26.6. The maximum Gasteiger partial charge on any atom is 0.418 e. The summed E-state index contributed by atoms with van der Waals surface area (Å²) in [5.74, 6) is 0.744. The van der Waals surface area contributed by atoms with Crippen LogP contribution in [-0.2, 0) is 16.0 Å². The van der Waals surface area contributed by atoms with E-state index in [1.165, 1.54) is 24.4 Å². The fraction of sp³-hybridized carbons (Fsp3) is 0.250. The SMILES string of the molecule is CCC(CCN)S(=O)(=O)c1cccc(Oc2cccc(-c3c(C)cnc4c(C(F)(F)F)cccc34)c2)c1. The standard InChI is InChI=1S/C28H27F3N2O3S/c1-3-22(13-14-32)37(34,35)23-10-5-9-21(16-23)36-20-8-4-7-19(15-20)26-18(2)17-33-27-24(26)11-6-12-25(27)28(29,30)31/h4-12,15-17,22H,3,13-14,32H2,1-2H3. The molecule has 1 aromatic heterocycles. The molecule has 0 aliphatic heterocycles. The minimum atomic E-state index is -4.53. The Morgan fingerprint density at radius 2 is 1.68 bits per heavy atom. The highest BCUT2D eigenvalue weighted by atomic mass is 32.2. The molecule has 2 N–H and O–H groups in total. The van der Waals surface area contributed by atoms with E-state index in [1.807, 2.05) is 6.92 Å². The van der Waals surface area contributed by atoms with Gasteiger partial charge in [0.1, 0.15) is 11.5 Å². The van der Waals surface area contributed by atoms with Gasteiger partial charge in [-0.1, -0.05) is 37.3 Å². The zero-order valence-electron chi connectivity index (χ0n) is 20.4. The van der Waals surface area contributed by atoms with Crippen molar-refractivity contribution in [2.45, 2.75) is 43.0 Å². The lowest BCUT2D eigenvalue weighted by Gasteiger charge is -2.16. The molecule has 3 aromatic carbocycles. The quantitative estimate of drug-likeness (QED) is 0.268. The maximum atomic E-state index is 13.6. The molecule has 4 rings (SSSR count). The second-order valence-corrected chi connectivity index (χ2v) is 11.0. The van der Waals surface area contributed by atoms with Crippen LogP contribution in [0.15, 0.2) is 77.8 Å². The van der Waals surface area contributed by atoms with E-state index in [0.717, 1.165) is 6.07 Å². The number of para-hydroxylation sites is 1. The highest BCUT2D eigenvalue weighted by Gasteiger charge is 2.33. The first-order chi connectivity index (χ1) is 17.6. The van der Waals surface area contributed by atoms with Crippen LogP contribution in [0.3, 0.4) is 0 Å². The third-order valence-electron chi connectivity index (χ3n) is 6.27. The second kappa shape index (κ2) is 10.5. The Bertz CT molecular complexity index is 1540. The molecule has 1 atom stereocenters. The normalized spacial score (nSPS) is 13.0. The molecule has 1 unspecified atom stereocenters. The Morgan fingerprint density at radius 1 is 1.00 bits per heavy atom. The average molecular weight is 529 g/mol. The summed E-state index contributed by atoms with van der Waals surface area (Å²) < 4.78 is 72.9. The zero-order chi connectivity index (χ0) is 26.8. The van der Waals surface area contributed by atoms with E-state index >= 15 is 0 Å². The van der Waals surface area contributed by atoms with E-state index in [-0.39, 0.29) is 17.0 Å². The number of nitrogens with zero attached hydrogens (tertiary/aromatic N) is 1.